The predicted molar refractivity (Wildman–Crippen MR) is 106 cm³/mol. The number of thiophene rings is 1. The van der Waals surface area contributed by atoms with Crippen LogP contribution < -0.4 is 4.90 Å². The van der Waals surface area contributed by atoms with Crippen molar-refractivity contribution in [2.24, 2.45) is 0 Å². The Morgan fingerprint density at radius 1 is 1.25 bits per heavy atom. The van der Waals surface area contributed by atoms with Crippen LogP contribution in [-0.4, -0.2) is 29.4 Å². The van der Waals surface area contributed by atoms with Crippen molar-refractivity contribution in [2.45, 2.75) is 19.4 Å². The van der Waals surface area contributed by atoms with Gasteiger partial charge in [0.15, 0.2) is 6.61 Å². The van der Waals surface area contributed by atoms with Crippen LogP contribution in [0.2, 0.25) is 0 Å². The number of benzene rings is 2. The van der Waals surface area contributed by atoms with Crippen molar-refractivity contribution >= 4 is 44.7 Å². The predicted octanol–water partition coefficient (Wildman–Crippen LogP) is 3.94. The third-order valence-electron chi connectivity index (χ3n) is 4.71. The lowest BCUT2D eigenvalue weighted by Crippen LogP contribution is -2.38. The summed E-state index contributed by atoms with van der Waals surface area (Å²) in [5.41, 5.74) is 1.91. The van der Waals surface area contributed by atoms with Crippen LogP contribution >= 0.6 is 11.3 Å². The Labute approximate surface area is 164 Å². The van der Waals surface area contributed by atoms with E-state index in [-0.39, 0.29) is 24.2 Å². The number of hydrogen-bond donors (Lipinski definition) is 0. The molecule has 8 heteroatoms. The molecule has 0 saturated carbocycles. The summed E-state index contributed by atoms with van der Waals surface area (Å²) in [6.45, 7) is 1.60. The fourth-order valence-corrected chi connectivity index (χ4v) is 4.40. The average Bonchev–Trinajstić information content (AvgIpc) is 3.25. The number of non-ortho nitro benzene ring substituents is 1. The van der Waals surface area contributed by atoms with Gasteiger partial charge in [-0.15, -0.1) is 11.3 Å². The highest BCUT2D eigenvalue weighted by atomic mass is 32.1. The Balaban J connectivity index is 1.46. The first kappa shape index (κ1) is 18.1. The zero-order valence-corrected chi connectivity index (χ0v) is 15.8. The Bertz CT molecular complexity index is 1110. The van der Waals surface area contributed by atoms with Crippen LogP contribution in [0.1, 0.15) is 22.2 Å². The number of carbonyl (C=O) groups is 2. The number of nitrogens with zero attached hydrogens (tertiary/aromatic N) is 2. The fourth-order valence-electron chi connectivity index (χ4n) is 3.46. The van der Waals surface area contributed by atoms with Gasteiger partial charge in [-0.05, 0) is 37.1 Å². The zero-order valence-electron chi connectivity index (χ0n) is 15.0. The van der Waals surface area contributed by atoms with E-state index in [1.807, 2.05) is 31.2 Å². The molecule has 0 unspecified atom stereocenters. The standard InChI is InChI=1S/C20H16N2O5S/c1-12-8-13-4-2-3-5-16(13)21(12)19(23)11-27-20(24)18-10-14-9-15(22(25)26)6-7-17(14)28-18/h2-7,9-10,12H,8,11H2,1H3/t12-/m0/s1. The van der Waals surface area contributed by atoms with Crippen molar-refractivity contribution < 1.29 is 19.2 Å². The first-order valence-electron chi connectivity index (χ1n) is 8.69. The number of ether oxygens (including phenoxy) is 1. The van der Waals surface area contributed by atoms with Crippen LogP contribution in [-0.2, 0) is 16.0 Å². The van der Waals surface area contributed by atoms with Gasteiger partial charge in [-0.1, -0.05) is 18.2 Å². The summed E-state index contributed by atoms with van der Waals surface area (Å²) in [6.07, 6.45) is 0.769. The van der Waals surface area contributed by atoms with Crippen molar-refractivity contribution in [3.63, 3.8) is 0 Å². The maximum absolute atomic E-state index is 12.6. The van der Waals surface area contributed by atoms with Crippen molar-refractivity contribution in [1.29, 1.82) is 0 Å². The van der Waals surface area contributed by atoms with Crippen molar-refractivity contribution in [3.8, 4) is 0 Å². The van der Waals surface area contributed by atoms with Gasteiger partial charge >= 0.3 is 5.97 Å². The normalized spacial score (nSPS) is 15.5. The SMILES string of the molecule is C[C@H]1Cc2ccccc2N1C(=O)COC(=O)c1cc2cc([N+](=O)[O-])ccc2s1. The van der Waals surface area contributed by atoms with Crippen molar-refractivity contribution in [2.75, 3.05) is 11.5 Å². The van der Waals surface area contributed by atoms with Gasteiger partial charge in [0.25, 0.3) is 11.6 Å². The van der Waals surface area contributed by atoms with Crippen LogP contribution in [0.5, 0.6) is 0 Å². The van der Waals surface area contributed by atoms with Gasteiger partial charge in [0, 0.05) is 33.9 Å². The van der Waals surface area contributed by atoms with Crippen molar-refractivity contribution in [1.82, 2.24) is 0 Å². The van der Waals surface area contributed by atoms with E-state index in [9.17, 15) is 19.7 Å². The van der Waals surface area contributed by atoms with E-state index in [1.165, 1.54) is 23.5 Å². The molecule has 28 heavy (non-hydrogen) atoms. The number of nitro groups is 1. The second-order valence-corrected chi connectivity index (χ2v) is 7.70. The van der Waals surface area contributed by atoms with Gasteiger partial charge < -0.3 is 9.64 Å². The Morgan fingerprint density at radius 2 is 2.04 bits per heavy atom. The maximum atomic E-state index is 12.6. The highest BCUT2D eigenvalue weighted by Crippen LogP contribution is 2.32. The van der Waals surface area contributed by atoms with E-state index >= 15 is 0 Å². The highest BCUT2D eigenvalue weighted by molar-refractivity contribution is 7.20. The minimum atomic E-state index is -0.614. The number of carbonyl (C=O) groups excluding carboxylic acids is 2. The number of esters is 1. The number of fused-ring (bicyclic) bond motifs is 2. The second-order valence-electron chi connectivity index (χ2n) is 6.61. The van der Waals surface area contributed by atoms with Crippen LogP contribution in [0, 0.1) is 10.1 Å². The average molecular weight is 396 g/mol. The molecule has 0 saturated heterocycles. The molecule has 1 atom stereocenters. The molecule has 0 spiro atoms. The summed E-state index contributed by atoms with van der Waals surface area (Å²) in [4.78, 5) is 37.3. The van der Waals surface area contributed by atoms with Crippen LogP contribution in [0.4, 0.5) is 11.4 Å². The van der Waals surface area contributed by atoms with E-state index in [0.717, 1.165) is 22.4 Å². The van der Waals surface area contributed by atoms with E-state index in [1.54, 1.807) is 17.0 Å². The Kier molecular flexibility index (Phi) is 4.56. The zero-order chi connectivity index (χ0) is 19.8. The summed E-state index contributed by atoms with van der Waals surface area (Å²) in [5, 5.41) is 11.5. The molecule has 1 aromatic heterocycles. The van der Waals surface area contributed by atoms with Crippen LogP contribution in [0.25, 0.3) is 10.1 Å². The molecular formula is C20H16N2O5S. The summed E-state index contributed by atoms with van der Waals surface area (Å²) in [6, 6.07) is 13.6. The molecule has 0 fully saturated rings. The molecule has 2 aromatic carbocycles. The summed E-state index contributed by atoms with van der Waals surface area (Å²) in [5.74, 6) is -0.889. The van der Waals surface area contributed by atoms with E-state index in [4.69, 9.17) is 4.74 Å². The largest absolute Gasteiger partial charge is 0.451 e. The Morgan fingerprint density at radius 3 is 2.82 bits per heavy atom. The number of hydrogen-bond acceptors (Lipinski definition) is 6. The maximum Gasteiger partial charge on any atom is 0.348 e. The number of para-hydroxylation sites is 1. The number of nitro benzene ring substituents is 1. The number of rotatable bonds is 4. The lowest BCUT2D eigenvalue weighted by molar-refractivity contribution is -0.384. The van der Waals surface area contributed by atoms with E-state index in [2.05, 4.69) is 0 Å². The molecule has 0 bridgehead atoms. The lowest BCUT2D eigenvalue weighted by Gasteiger charge is -2.22. The monoisotopic (exact) mass is 396 g/mol. The lowest BCUT2D eigenvalue weighted by atomic mass is 10.1. The number of amides is 1. The van der Waals surface area contributed by atoms with Gasteiger partial charge in [0.1, 0.15) is 4.88 Å². The molecule has 0 N–H and O–H groups in total. The first-order valence-corrected chi connectivity index (χ1v) is 9.51. The van der Waals surface area contributed by atoms with Gasteiger partial charge in [0.05, 0.1) is 4.92 Å². The minimum absolute atomic E-state index is 0.00785. The molecule has 0 aliphatic carbocycles. The first-order chi connectivity index (χ1) is 13.4. The van der Waals surface area contributed by atoms with Gasteiger partial charge in [0.2, 0.25) is 0 Å². The van der Waals surface area contributed by atoms with Crippen molar-refractivity contribution in [3.05, 3.63) is 69.1 Å². The summed E-state index contributed by atoms with van der Waals surface area (Å²) in [7, 11) is 0. The minimum Gasteiger partial charge on any atom is -0.451 e. The quantitative estimate of drug-likeness (QED) is 0.378. The third kappa shape index (κ3) is 3.22. The molecule has 1 aliphatic rings. The highest BCUT2D eigenvalue weighted by Gasteiger charge is 2.31. The smallest absolute Gasteiger partial charge is 0.348 e. The molecule has 3 aromatic rings. The van der Waals surface area contributed by atoms with E-state index < -0.39 is 10.9 Å². The van der Waals surface area contributed by atoms with Crippen LogP contribution in [0.15, 0.2) is 48.5 Å². The van der Waals surface area contributed by atoms with Gasteiger partial charge in [-0.25, -0.2) is 4.79 Å². The third-order valence-corrected chi connectivity index (χ3v) is 5.81. The molecule has 2 heterocycles. The topological polar surface area (TPSA) is 89.8 Å². The van der Waals surface area contributed by atoms with Crippen LogP contribution in [0.3, 0.4) is 0 Å². The molecule has 4 rings (SSSR count). The van der Waals surface area contributed by atoms with Gasteiger partial charge in [-0.2, -0.15) is 0 Å². The molecular weight excluding hydrogens is 380 g/mol. The molecule has 1 amide bonds. The van der Waals surface area contributed by atoms with Gasteiger partial charge in [-0.3, -0.25) is 14.9 Å². The fraction of sp³-hybridized carbons (Fsp3) is 0.200. The summed E-state index contributed by atoms with van der Waals surface area (Å²) >= 11 is 1.18. The number of anilines is 1. The molecule has 1 aliphatic heterocycles. The molecule has 0 radical (unpaired) electrons. The molecule has 142 valence electrons. The Hall–Kier alpha value is -3.26. The molecule has 7 nitrogen and oxygen atoms in total. The van der Waals surface area contributed by atoms with E-state index in [0.29, 0.717) is 10.3 Å². The second kappa shape index (κ2) is 7.05. The summed E-state index contributed by atoms with van der Waals surface area (Å²) < 4.78 is 5.96.